The molecule has 5 heteroatoms. The van der Waals surface area contributed by atoms with Crippen LogP contribution < -0.4 is 5.73 Å². The van der Waals surface area contributed by atoms with Gasteiger partial charge in [-0.05, 0) is 25.5 Å². The number of hydrogen-bond acceptors (Lipinski definition) is 4. The van der Waals surface area contributed by atoms with Crippen molar-refractivity contribution in [3.8, 4) is 0 Å². The van der Waals surface area contributed by atoms with E-state index in [1.165, 1.54) is 22.9 Å². The van der Waals surface area contributed by atoms with Crippen LogP contribution in [0.25, 0.3) is 0 Å². The predicted molar refractivity (Wildman–Crippen MR) is 71.5 cm³/mol. The van der Waals surface area contributed by atoms with E-state index in [1.807, 2.05) is 0 Å². The average Bonchev–Trinajstić information content (AvgIpc) is 2.21. The summed E-state index contributed by atoms with van der Waals surface area (Å²) in [4.78, 5) is 9.11. The number of halogens is 1. The van der Waals surface area contributed by atoms with Crippen LogP contribution in [0.1, 0.15) is 11.1 Å². The van der Waals surface area contributed by atoms with Gasteiger partial charge >= 0.3 is 0 Å². The van der Waals surface area contributed by atoms with Gasteiger partial charge < -0.3 is 5.73 Å². The molecule has 0 radical (unpaired) electrons. The maximum absolute atomic E-state index is 5.84. The Morgan fingerprint density at radius 3 is 2.59 bits per heavy atom. The summed E-state index contributed by atoms with van der Waals surface area (Å²) in [6, 6.07) is 7.99. The first-order valence-corrected chi connectivity index (χ1v) is 6.29. The van der Waals surface area contributed by atoms with E-state index in [4.69, 9.17) is 17.3 Å². The summed E-state index contributed by atoms with van der Waals surface area (Å²) in [5, 5.41) is 1.12. The van der Waals surface area contributed by atoms with Gasteiger partial charge in [0.25, 0.3) is 0 Å². The minimum Gasteiger partial charge on any atom is -0.368 e. The molecule has 1 aromatic heterocycles. The average molecular weight is 266 g/mol. The molecule has 0 saturated carbocycles. The lowest BCUT2D eigenvalue weighted by molar-refractivity contribution is 1.06. The number of rotatable bonds is 2. The summed E-state index contributed by atoms with van der Waals surface area (Å²) in [6.07, 6.45) is 0. The van der Waals surface area contributed by atoms with Crippen molar-refractivity contribution >= 4 is 29.3 Å². The summed E-state index contributed by atoms with van der Waals surface area (Å²) in [7, 11) is 0. The zero-order chi connectivity index (χ0) is 12.4. The third-order valence-corrected chi connectivity index (χ3v) is 3.52. The van der Waals surface area contributed by atoms with E-state index in [0.29, 0.717) is 5.15 Å². The molecule has 0 atom stereocenters. The Balaban J connectivity index is 2.31. The fourth-order valence-electron chi connectivity index (χ4n) is 1.49. The minimum atomic E-state index is 0.199. The molecule has 2 aromatic rings. The van der Waals surface area contributed by atoms with Gasteiger partial charge in [-0.3, -0.25) is 0 Å². The second-order valence-electron chi connectivity index (χ2n) is 3.76. The highest BCUT2D eigenvalue weighted by Crippen LogP contribution is 2.30. The Bertz CT molecular complexity index is 537. The van der Waals surface area contributed by atoms with Crippen molar-refractivity contribution in [3.05, 3.63) is 40.5 Å². The number of nitrogens with zero attached hydrogens (tertiary/aromatic N) is 2. The first-order chi connectivity index (χ1) is 8.04. The van der Waals surface area contributed by atoms with E-state index in [0.717, 1.165) is 9.92 Å². The van der Waals surface area contributed by atoms with Gasteiger partial charge in [-0.15, -0.1) is 0 Å². The topological polar surface area (TPSA) is 51.8 Å². The van der Waals surface area contributed by atoms with Crippen molar-refractivity contribution in [1.82, 2.24) is 9.97 Å². The maximum atomic E-state index is 5.84. The molecule has 1 heterocycles. The van der Waals surface area contributed by atoms with Crippen LogP contribution in [0, 0.1) is 13.8 Å². The van der Waals surface area contributed by atoms with Gasteiger partial charge in [0, 0.05) is 11.0 Å². The third kappa shape index (κ3) is 3.11. The molecule has 0 amide bonds. The van der Waals surface area contributed by atoms with E-state index >= 15 is 0 Å². The van der Waals surface area contributed by atoms with Crippen LogP contribution in [-0.2, 0) is 0 Å². The number of hydrogen-bond donors (Lipinski definition) is 1. The summed E-state index contributed by atoms with van der Waals surface area (Å²) in [5.74, 6) is 0.199. The monoisotopic (exact) mass is 265 g/mol. The van der Waals surface area contributed by atoms with Gasteiger partial charge in [0.1, 0.15) is 10.2 Å². The zero-order valence-corrected chi connectivity index (χ0v) is 11.1. The van der Waals surface area contributed by atoms with Gasteiger partial charge in [-0.1, -0.05) is 41.1 Å². The van der Waals surface area contributed by atoms with Crippen molar-refractivity contribution in [1.29, 1.82) is 0 Å². The summed E-state index contributed by atoms with van der Waals surface area (Å²) < 4.78 is 0. The third-order valence-electron chi connectivity index (χ3n) is 2.23. The Kier molecular flexibility index (Phi) is 3.54. The van der Waals surface area contributed by atoms with Crippen molar-refractivity contribution < 1.29 is 0 Å². The van der Waals surface area contributed by atoms with Gasteiger partial charge in [-0.25, -0.2) is 9.97 Å². The molecule has 1 aromatic carbocycles. The van der Waals surface area contributed by atoms with E-state index in [9.17, 15) is 0 Å². The quantitative estimate of drug-likeness (QED) is 0.845. The van der Waals surface area contributed by atoms with E-state index in [-0.39, 0.29) is 5.95 Å². The summed E-state index contributed by atoms with van der Waals surface area (Å²) in [5.41, 5.74) is 8.01. The highest BCUT2D eigenvalue weighted by Gasteiger charge is 2.05. The standard InChI is InChI=1S/C12H12ClN3S/c1-7-3-4-9(8(2)5-7)17-11-6-10(13)15-12(14)16-11/h3-6H,1-2H3,(H2,14,15,16). The maximum Gasteiger partial charge on any atom is 0.222 e. The van der Waals surface area contributed by atoms with E-state index in [1.54, 1.807) is 6.07 Å². The van der Waals surface area contributed by atoms with Crippen molar-refractivity contribution in [2.24, 2.45) is 0 Å². The molecular weight excluding hydrogens is 254 g/mol. The van der Waals surface area contributed by atoms with E-state index < -0.39 is 0 Å². The fraction of sp³-hybridized carbons (Fsp3) is 0.167. The molecule has 0 aliphatic rings. The van der Waals surface area contributed by atoms with Crippen LogP contribution in [0.5, 0.6) is 0 Å². The SMILES string of the molecule is Cc1ccc(Sc2cc(Cl)nc(N)n2)c(C)c1. The van der Waals surface area contributed by atoms with Crippen LogP contribution in [0.3, 0.4) is 0 Å². The van der Waals surface area contributed by atoms with Gasteiger partial charge in [0.05, 0.1) is 0 Å². The number of aromatic nitrogens is 2. The molecule has 0 bridgehead atoms. The molecule has 2 rings (SSSR count). The lowest BCUT2D eigenvalue weighted by atomic mass is 10.2. The van der Waals surface area contributed by atoms with Gasteiger partial charge in [0.15, 0.2) is 0 Å². The van der Waals surface area contributed by atoms with Crippen molar-refractivity contribution in [3.63, 3.8) is 0 Å². The highest BCUT2D eigenvalue weighted by atomic mass is 35.5. The molecule has 0 aliphatic carbocycles. The number of nitrogens with two attached hydrogens (primary N) is 1. The highest BCUT2D eigenvalue weighted by molar-refractivity contribution is 7.99. The predicted octanol–water partition coefficient (Wildman–Crippen LogP) is 3.48. The number of nitrogen functional groups attached to an aromatic ring is 1. The molecule has 88 valence electrons. The second kappa shape index (κ2) is 4.94. The summed E-state index contributed by atoms with van der Waals surface area (Å²) in [6.45, 7) is 4.14. The van der Waals surface area contributed by atoms with Crippen molar-refractivity contribution in [2.45, 2.75) is 23.8 Å². The number of aryl methyl sites for hydroxylation is 2. The lowest BCUT2D eigenvalue weighted by Gasteiger charge is -2.06. The van der Waals surface area contributed by atoms with Crippen molar-refractivity contribution in [2.75, 3.05) is 5.73 Å². The Morgan fingerprint density at radius 1 is 1.18 bits per heavy atom. The van der Waals surface area contributed by atoms with Crippen LogP contribution in [-0.4, -0.2) is 9.97 Å². The molecular formula is C12H12ClN3S. The van der Waals surface area contributed by atoms with Gasteiger partial charge in [0.2, 0.25) is 5.95 Å². The minimum absolute atomic E-state index is 0.199. The molecule has 3 nitrogen and oxygen atoms in total. The van der Waals surface area contributed by atoms with E-state index in [2.05, 4.69) is 42.0 Å². The fourth-order valence-corrected chi connectivity index (χ4v) is 2.64. The number of benzene rings is 1. The molecule has 2 N–H and O–H groups in total. The molecule has 0 saturated heterocycles. The molecule has 0 fully saturated rings. The Hall–Kier alpha value is -1.26. The van der Waals surface area contributed by atoms with Crippen LogP contribution in [0.2, 0.25) is 5.15 Å². The van der Waals surface area contributed by atoms with Gasteiger partial charge in [-0.2, -0.15) is 0 Å². The zero-order valence-electron chi connectivity index (χ0n) is 9.57. The van der Waals surface area contributed by atoms with Crippen LogP contribution in [0.15, 0.2) is 34.2 Å². The Morgan fingerprint density at radius 2 is 1.94 bits per heavy atom. The number of anilines is 1. The first kappa shape index (κ1) is 12.2. The summed E-state index contributed by atoms with van der Waals surface area (Å²) >= 11 is 7.37. The molecule has 17 heavy (non-hydrogen) atoms. The normalized spacial score (nSPS) is 10.5. The van der Waals surface area contributed by atoms with Crippen LogP contribution in [0.4, 0.5) is 5.95 Å². The Labute approximate surface area is 109 Å². The second-order valence-corrected chi connectivity index (χ2v) is 5.21. The smallest absolute Gasteiger partial charge is 0.222 e. The first-order valence-electron chi connectivity index (χ1n) is 5.10. The molecule has 0 unspecified atom stereocenters. The largest absolute Gasteiger partial charge is 0.368 e. The van der Waals surface area contributed by atoms with Crippen LogP contribution >= 0.6 is 23.4 Å². The molecule has 0 spiro atoms. The lowest BCUT2D eigenvalue weighted by Crippen LogP contribution is -1.95. The molecule has 0 aliphatic heterocycles.